The molecule has 78 valence electrons. The molecule has 0 aliphatic heterocycles. The number of hydrogen-bond acceptors (Lipinski definition) is 2. The standard InChI is InChI=1S/C11H15BrO2/c1-9(6-13)7-14-8-10-2-4-11(12)5-3-10/h2-5,9,13H,6-8H2,1H3/t9-/m0/s1. The lowest BCUT2D eigenvalue weighted by atomic mass is 10.2. The summed E-state index contributed by atoms with van der Waals surface area (Å²) in [5.41, 5.74) is 1.15. The zero-order valence-electron chi connectivity index (χ0n) is 8.24. The van der Waals surface area contributed by atoms with Crippen molar-refractivity contribution in [2.24, 2.45) is 5.92 Å². The number of aliphatic hydroxyl groups is 1. The van der Waals surface area contributed by atoms with Crippen molar-refractivity contribution in [2.45, 2.75) is 13.5 Å². The second-order valence-electron chi connectivity index (χ2n) is 3.43. The van der Waals surface area contributed by atoms with Gasteiger partial charge in [-0.3, -0.25) is 0 Å². The monoisotopic (exact) mass is 258 g/mol. The molecule has 3 heteroatoms. The lowest BCUT2D eigenvalue weighted by Gasteiger charge is -2.08. The molecule has 0 radical (unpaired) electrons. The summed E-state index contributed by atoms with van der Waals surface area (Å²) in [6.45, 7) is 3.35. The minimum Gasteiger partial charge on any atom is -0.396 e. The van der Waals surface area contributed by atoms with Gasteiger partial charge < -0.3 is 9.84 Å². The van der Waals surface area contributed by atoms with E-state index in [0.717, 1.165) is 10.0 Å². The van der Waals surface area contributed by atoms with Crippen LogP contribution in [-0.4, -0.2) is 18.3 Å². The van der Waals surface area contributed by atoms with Crippen LogP contribution in [0.3, 0.4) is 0 Å². The summed E-state index contributed by atoms with van der Waals surface area (Å²) >= 11 is 3.37. The maximum atomic E-state index is 8.78. The highest BCUT2D eigenvalue weighted by Gasteiger charge is 1.99. The van der Waals surface area contributed by atoms with Crippen molar-refractivity contribution in [2.75, 3.05) is 13.2 Å². The molecule has 0 heterocycles. The molecular weight excluding hydrogens is 244 g/mol. The molecule has 0 aromatic heterocycles. The van der Waals surface area contributed by atoms with Crippen molar-refractivity contribution in [3.8, 4) is 0 Å². The molecule has 0 aliphatic carbocycles. The van der Waals surface area contributed by atoms with Crippen molar-refractivity contribution in [3.05, 3.63) is 34.3 Å². The first-order valence-electron chi connectivity index (χ1n) is 4.65. The van der Waals surface area contributed by atoms with Gasteiger partial charge in [-0.15, -0.1) is 0 Å². The average Bonchev–Trinajstić information content (AvgIpc) is 2.21. The van der Waals surface area contributed by atoms with E-state index in [9.17, 15) is 0 Å². The van der Waals surface area contributed by atoms with Gasteiger partial charge in [0.05, 0.1) is 13.2 Å². The minimum absolute atomic E-state index is 0.181. The Bertz CT molecular complexity index is 258. The van der Waals surface area contributed by atoms with Gasteiger partial charge in [-0.25, -0.2) is 0 Å². The number of ether oxygens (including phenoxy) is 1. The summed E-state index contributed by atoms with van der Waals surface area (Å²) in [5.74, 6) is 0.213. The average molecular weight is 259 g/mol. The maximum absolute atomic E-state index is 8.78. The summed E-state index contributed by atoms with van der Waals surface area (Å²) in [5, 5.41) is 8.78. The van der Waals surface area contributed by atoms with Crippen LogP contribution in [0.25, 0.3) is 0 Å². The van der Waals surface area contributed by atoms with E-state index in [-0.39, 0.29) is 12.5 Å². The first-order chi connectivity index (χ1) is 6.72. The molecule has 1 rings (SSSR count). The molecule has 1 N–H and O–H groups in total. The summed E-state index contributed by atoms with van der Waals surface area (Å²) in [6, 6.07) is 8.03. The molecule has 0 saturated heterocycles. The molecule has 0 unspecified atom stereocenters. The van der Waals surface area contributed by atoms with Gasteiger partial charge >= 0.3 is 0 Å². The molecule has 1 aromatic rings. The van der Waals surface area contributed by atoms with E-state index in [2.05, 4.69) is 15.9 Å². The molecule has 0 aliphatic rings. The molecule has 14 heavy (non-hydrogen) atoms. The molecule has 0 amide bonds. The summed E-state index contributed by atoms with van der Waals surface area (Å²) < 4.78 is 6.51. The molecular formula is C11H15BrO2. The van der Waals surface area contributed by atoms with Crippen molar-refractivity contribution in [3.63, 3.8) is 0 Å². The Kier molecular flexibility index (Phi) is 5.15. The van der Waals surface area contributed by atoms with Crippen LogP contribution in [-0.2, 0) is 11.3 Å². The number of hydrogen-bond donors (Lipinski definition) is 1. The third kappa shape index (κ3) is 4.22. The molecule has 0 bridgehead atoms. The highest BCUT2D eigenvalue weighted by atomic mass is 79.9. The Labute approximate surface area is 93.0 Å². The normalized spacial score (nSPS) is 12.8. The lowest BCUT2D eigenvalue weighted by molar-refractivity contribution is 0.0696. The van der Waals surface area contributed by atoms with E-state index in [0.29, 0.717) is 13.2 Å². The first kappa shape index (κ1) is 11.7. The number of halogens is 1. The van der Waals surface area contributed by atoms with Crippen LogP contribution in [0.5, 0.6) is 0 Å². The van der Waals surface area contributed by atoms with Crippen molar-refractivity contribution < 1.29 is 9.84 Å². The predicted octanol–water partition coefficient (Wildman–Crippen LogP) is 2.59. The second kappa shape index (κ2) is 6.17. The van der Waals surface area contributed by atoms with Gasteiger partial charge in [-0.1, -0.05) is 35.0 Å². The number of rotatable bonds is 5. The second-order valence-corrected chi connectivity index (χ2v) is 4.35. The topological polar surface area (TPSA) is 29.5 Å². The fourth-order valence-corrected chi connectivity index (χ4v) is 1.28. The first-order valence-corrected chi connectivity index (χ1v) is 5.44. The van der Waals surface area contributed by atoms with Gasteiger partial charge in [-0.2, -0.15) is 0 Å². The van der Waals surface area contributed by atoms with E-state index < -0.39 is 0 Å². The van der Waals surface area contributed by atoms with E-state index in [1.807, 2.05) is 31.2 Å². The highest BCUT2D eigenvalue weighted by molar-refractivity contribution is 9.10. The Morgan fingerprint density at radius 3 is 2.57 bits per heavy atom. The number of benzene rings is 1. The van der Waals surface area contributed by atoms with Gasteiger partial charge in [0.25, 0.3) is 0 Å². The lowest BCUT2D eigenvalue weighted by Crippen LogP contribution is -2.09. The SMILES string of the molecule is C[C@@H](CO)COCc1ccc(Br)cc1. The molecule has 1 aromatic carbocycles. The van der Waals surface area contributed by atoms with Crippen LogP contribution in [0.1, 0.15) is 12.5 Å². The van der Waals surface area contributed by atoms with E-state index in [1.165, 1.54) is 0 Å². The van der Waals surface area contributed by atoms with Gasteiger partial charge in [-0.05, 0) is 17.7 Å². The zero-order chi connectivity index (χ0) is 10.4. The van der Waals surface area contributed by atoms with Gasteiger partial charge in [0.15, 0.2) is 0 Å². The Morgan fingerprint density at radius 2 is 2.00 bits per heavy atom. The molecule has 0 spiro atoms. The highest BCUT2D eigenvalue weighted by Crippen LogP contribution is 2.11. The quantitative estimate of drug-likeness (QED) is 0.880. The van der Waals surface area contributed by atoms with E-state index >= 15 is 0 Å². The Balaban J connectivity index is 2.28. The fourth-order valence-electron chi connectivity index (χ4n) is 1.01. The van der Waals surface area contributed by atoms with E-state index in [1.54, 1.807) is 0 Å². The van der Waals surface area contributed by atoms with E-state index in [4.69, 9.17) is 9.84 Å². The van der Waals surface area contributed by atoms with Gasteiger partial charge in [0.2, 0.25) is 0 Å². The van der Waals surface area contributed by atoms with Crippen LogP contribution >= 0.6 is 15.9 Å². The van der Waals surface area contributed by atoms with Crippen molar-refractivity contribution in [1.29, 1.82) is 0 Å². The molecule has 0 fully saturated rings. The summed E-state index contributed by atoms with van der Waals surface area (Å²) in [6.07, 6.45) is 0. The summed E-state index contributed by atoms with van der Waals surface area (Å²) in [4.78, 5) is 0. The minimum atomic E-state index is 0.181. The third-order valence-electron chi connectivity index (χ3n) is 1.90. The van der Waals surface area contributed by atoms with Crippen LogP contribution < -0.4 is 0 Å². The van der Waals surface area contributed by atoms with Crippen LogP contribution in [0.4, 0.5) is 0 Å². The predicted molar refractivity (Wildman–Crippen MR) is 60.0 cm³/mol. The van der Waals surface area contributed by atoms with Gasteiger partial charge in [0.1, 0.15) is 0 Å². The van der Waals surface area contributed by atoms with Crippen LogP contribution in [0.2, 0.25) is 0 Å². The van der Waals surface area contributed by atoms with Gasteiger partial charge in [0, 0.05) is 17.0 Å². The van der Waals surface area contributed by atoms with Crippen LogP contribution in [0.15, 0.2) is 28.7 Å². The Hall–Kier alpha value is -0.380. The van der Waals surface area contributed by atoms with Crippen molar-refractivity contribution in [1.82, 2.24) is 0 Å². The maximum Gasteiger partial charge on any atom is 0.0717 e. The molecule has 1 atom stereocenters. The molecule has 0 saturated carbocycles. The van der Waals surface area contributed by atoms with Crippen LogP contribution in [0, 0.1) is 5.92 Å². The fraction of sp³-hybridized carbons (Fsp3) is 0.455. The molecule has 2 nitrogen and oxygen atoms in total. The number of aliphatic hydroxyl groups excluding tert-OH is 1. The smallest absolute Gasteiger partial charge is 0.0717 e. The largest absolute Gasteiger partial charge is 0.396 e. The van der Waals surface area contributed by atoms with Crippen molar-refractivity contribution >= 4 is 15.9 Å². The third-order valence-corrected chi connectivity index (χ3v) is 2.42. The zero-order valence-corrected chi connectivity index (χ0v) is 9.83. The summed E-state index contributed by atoms with van der Waals surface area (Å²) in [7, 11) is 0. The Morgan fingerprint density at radius 1 is 1.36 bits per heavy atom.